The van der Waals surface area contributed by atoms with Crippen LogP contribution in [0.3, 0.4) is 0 Å². The molecule has 1 aromatic heterocycles. The van der Waals surface area contributed by atoms with Crippen LogP contribution in [0.5, 0.6) is 17.4 Å². The first-order chi connectivity index (χ1) is 11.7. The van der Waals surface area contributed by atoms with Crippen molar-refractivity contribution in [2.45, 2.75) is 20.4 Å². The Morgan fingerprint density at radius 2 is 1.92 bits per heavy atom. The van der Waals surface area contributed by atoms with Gasteiger partial charge in [0.25, 0.3) is 0 Å². The van der Waals surface area contributed by atoms with E-state index in [1.165, 1.54) is 0 Å². The van der Waals surface area contributed by atoms with Crippen molar-refractivity contribution >= 4 is 5.96 Å². The van der Waals surface area contributed by atoms with E-state index in [1.807, 2.05) is 41.3 Å². The third kappa shape index (κ3) is 4.87. The number of nitrogens with two attached hydrogens (primary N) is 1. The topological polar surface area (TPSA) is 73.0 Å². The smallest absolute Gasteiger partial charge is 0.219 e. The Morgan fingerprint density at radius 3 is 2.54 bits per heavy atom. The van der Waals surface area contributed by atoms with Crippen LogP contribution < -0.4 is 15.2 Å². The van der Waals surface area contributed by atoms with Gasteiger partial charge in [-0.3, -0.25) is 0 Å². The number of guanidine groups is 1. The molecule has 6 nitrogen and oxygen atoms in total. The summed E-state index contributed by atoms with van der Waals surface area (Å²) in [6.07, 6.45) is 1.74. The number of aliphatic imine (C=N–C) groups is 1. The second-order valence-electron chi connectivity index (χ2n) is 5.13. The summed E-state index contributed by atoms with van der Waals surface area (Å²) in [5.41, 5.74) is 6.94. The van der Waals surface area contributed by atoms with Gasteiger partial charge in [-0.2, -0.15) is 0 Å². The van der Waals surface area contributed by atoms with Crippen molar-refractivity contribution < 1.29 is 9.47 Å². The second-order valence-corrected chi connectivity index (χ2v) is 5.13. The summed E-state index contributed by atoms with van der Waals surface area (Å²) in [6.45, 7) is 6.29. The van der Waals surface area contributed by atoms with Crippen molar-refractivity contribution in [3.63, 3.8) is 0 Å². The molecule has 0 bridgehead atoms. The van der Waals surface area contributed by atoms with Gasteiger partial charge in [0.15, 0.2) is 5.96 Å². The number of nitrogens with zero attached hydrogens (tertiary/aromatic N) is 3. The van der Waals surface area contributed by atoms with Crippen molar-refractivity contribution in [3.8, 4) is 17.4 Å². The Morgan fingerprint density at radius 1 is 1.17 bits per heavy atom. The highest BCUT2D eigenvalue weighted by molar-refractivity contribution is 5.77. The zero-order valence-electron chi connectivity index (χ0n) is 14.4. The van der Waals surface area contributed by atoms with E-state index in [-0.39, 0.29) is 0 Å². The molecule has 0 radical (unpaired) electrons. The van der Waals surface area contributed by atoms with Crippen LogP contribution in [0.2, 0.25) is 0 Å². The van der Waals surface area contributed by atoms with Gasteiger partial charge in [-0.1, -0.05) is 12.1 Å². The lowest BCUT2D eigenvalue weighted by atomic mass is 10.3. The van der Waals surface area contributed by atoms with E-state index in [0.717, 1.165) is 24.4 Å². The van der Waals surface area contributed by atoms with Gasteiger partial charge < -0.3 is 20.1 Å². The van der Waals surface area contributed by atoms with E-state index >= 15 is 0 Å². The quantitative estimate of drug-likeness (QED) is 0.625. The Balaban J connectivity index is 1.98. The van der Waals surface area contributed by atoms with E-state index in [2.05, 4.69) is 23.8 Å². The monoisotopic (exact) mass is 328 g/mol. The Labute approximate surface area is 142 Å². The van der Waals surface area contributed by atoms with Crippen molar-refractivity contribution in [3.05, 3.63) is 48.2 Å². The molecule has 2 N–H and O–H groups in total. The van der Waals surface area contributed by atoms with Gasteiger partial charge in [-0.05, 0) is 31.5 Å². The molecule has 0 unspecified atom stereocenters. The molecule has 2 aromatic rings. The molecule has 24 heavy (non-hydrogen) atoms. The van der Waals surface area contributed by atoms with Crippen LogP contribution in [0.1, 0.15) is 19.4 Å². The van der Waals surface area contributed by atoms with Crippen LogP contribution in [0.4, 0.5) is 0 Å². The number of hydrogen-bond acceptors (Lipinski definition) is 4. The minimum absolute atomic E-state index is 0.495. The number of methoxy groups -OCH3 is 1. The van der Waals surface area contributed by atoms with Crippen molar-refractivity contribution in [2.24, 2.45) is 10.7 Å². The van der Waals surface area contributed by atoms with Gasteiger partial charge in [0, 0.05) is 31.4 Å². The molecular formula is C18H24N4O2. The van der Waals surface area contributed by atoms with Crippen LogP contribution in [0, 0.1) is 0 Å². The van der Waals surface area contributed by atoms with E-state index in [1.54, 1.807) is 13.3 Å². The average Bonchev–Trinajstić information content (AvgIpc) is 2.62. The van der Waals surface area contributed by atoms with Crippen LogP contribution in [-0.4, -0.2) is 36.0 Å². The summed E-state index contributed by atoms with van der Waals surface area (Å²) in [5, 5.41) is 0. The highest BCUT2D eigenvalue weighted by Gasteiger charge is 2.03. The first kappa shape index (κ1) is 17.6. The van der Waals surface area contributed by atoms with E-state index < -0.39 is 0 Å². The summed E-state index contributed by atoms with van der Waals surface area (Å²) in [4.78, 5) is 10.7. The number of benzene rings is 1. The van der Waals surface area contributed by atoms with Gasteiger partial charge in [0.05, 0.1) is 13.7 Å². The summed E-state index contributed by atoms with van der Waals surface area (Å²) in [5.74, 6) is 2.49. The molecule has 0 aliphatic heterocycles. The van der Waals surface area contributed by atoms with Gasteiger partial charge in [0.1, 0.15) is 11.5 Å². The molecule has 0 fully saturated rings. The molecule has 0 spiro atoms. The largest absolute Gasteiger partial charge is 0.497 e. The Bertz CT molecular complexity index is 667. The predicted molar refractivity (Wildman–Crippen MR) is 95.6 cm³/mol. The molecule has 1 aromatic carbocycles. The fourth-order valence-electron chi connectivity index (χ4n) is 2.17. The molecule has 128 valence electrons. The standard InChI is InChI=1S/C18H24N4O2/c1-4-22(5-2)18(19)21-13-14-9-10-17(20-12-14)24-16-8-6-7-15(11-16)23-3/h6-12H,4-5,13H2,1-3H3,(H2,19,21). The van der Waals surface area contributed by atoms with Crippen LogP contribution in [-0.2, 0) is 6.54 Å². The normalized spacial score (nSPS) is 11.2. The number of aromatic nitrogens is 1. The zero-order chi connectivity index (χ0) is 17.4. The zero-order valence-corrected chi connectivity index (χ0v) is 14.4. The van der Waals surface area contributed by atoms with Gasteiger partial charge in [-0.15, -0.1) is 0 Å². The molecule has 0 amide bonds. The molecule has 0 aliphatic rings. The summed E-state index contributed by atoms with van der Waals surface area (Å²) >= 11 is 0. The first-order valence-electron chi connectivity index (χ1n) is 7.98. The lowest BCUT2D eigenvalue weighted by molar-refractivity contribution is 0.407. The van der Waals surface area contributed by atoms with E-state index in [4.69, 9.17) is 15.2 Å². The predicted octanol–water partition coefficient (Wildman–Crippen LogP) is 3.04. The Kier molecular flexibility index (Phi) is 6.42. The summed E-state index contributed by atoms with van der Waals surface area (Å²) in [7, 11) is 1.62. The minimum atomic E-state index is 0.495. The van der Waals surface area contributed by atoms with Crippen molar-refractivity contribution in [2.75, 3.05) is 20.2 Å². The molecule has 0 atom stereocenters. The fraction of sp³-hybridized carbons (Fsp3) is 0.333. The highest BCUT2D eigenvalue weighted by Crippen LogP contribution is 2.23. The third-order valence-electron chi connectivity index (χ3n) is 3.57. The number of rotatable bonds is 7. The maximum absolute atomic E-state index is 5.97. The van der Waals surface area contributed by atoms with Crippen molar-refractivity contribution in [1.82, 2.24) is 9.88 Å². The van der Waals surface area contributed by atoms with E-state index in [0.29, 0.717) is 24.1 Å². The lowest BCUT2D eigenvalue weighted by Gasteiger charge is -2.19. The van der Waals surface area contributed by atoms with Gasteiger partial charge in [-0.25, -0.2) is 9.98 Å². The van der Waals surface area contributed by atoms with Crippen LogP contribution in [0.25, 0.3) is 0 Å². The van der Waals surface area contributed by atoms with Crippen LogP contribution in [0.15, 0.2) is 47.6 Å². The maximum Gasteiger partial charge on any atom is 0.219 e. The average molecular weight is 328 g/mol. The molecular weight excluding hydrogens is 304 g/mol. The Hall–Kier alpha value is -2.76. The molecule has 2 rings (SSSR count). The number of pyridine rings is 1. The maximum atomic E-state index is 5.97. The SMILES string of the molecule is CCN(CC)C(N)=NCc1ccc(Oc2cccc(OC)c2)nc1. The lowest BCUT2D eigenvalue weighted by Crippen LogP contribution is -2.37. The second kappa shape index (κ2) is 8.76. The molecule has 0 aliphatic carbocycles. The molecule has 0 saturated carbocycles. The minimum Gasteiger partial charge on any atom is -0.497 e. The van der Waals surface area contributed by atoms with Crippen molar-refractivity contribution in [1.29, 1.82) is 0 Å². The first-order valence-corrected chi connectivity index (χ1v) is 7.98. The third-order valence-corrected chi connectivity index (χ3v) is 3.57. The van der Waals surface area contributed by atoms with Gasteiger partial charge >= 0.3 is 0 Å². The molecule has 0 saturated heterocycles. The van der Waals surface area contributed by atoms with Gasteiger partial charge in [0.2, 0.25) is 5.88 Å². The summed E-state index contributed by atoms with van der Waals surface area (Å²) < 4.78 is 10.9. The van der Waals surface area contributed by atoms with Crippen LogP contribution >= 0.6 is 0 Å². The highest BCUT2D eigenvalue weighted by atomic mass is 16.5. The number of hydrogen-bond donors (Lipinski definition) is 1. The molecule has 1 heterocycles. The number of ether oxygens (including phenoxy) is 2. The molecule has 6 heteroatoms. The fourth-order valence-corrected chi connectivity index (χ4v) is 2.17. The summed E-state index contributed by atoms with van der Waals surface area (Å²) in [6, 6.07) is 11.1. The van der Waals surface area contributed by atoms with E-state index in [9.17, 15) is 0 Å².